The van der Waals surface area contributed by atoms with Gasteiger partial charge in [-0.05, 0) is 38.7 Å². The van der Waals surface area contributed by atoms with Crippen molar-refractivity contribution in [3.05, 3.63) is 84.9 Å². The minimum Gasteiger partial charge on any atom is -0.0616 e. The molecule has 4 aromatic rings. The number of hydrogen-bond acceptors (Lipinski definition) is 0. The van der Waals surface area contributed by atoms with Crippen LogP contribution in [0.2, 0.25) is 0 Å². The summed E-state index contributed by atoms with van der Waals surface area (Å²) in [6.07, 6.45) is 0. The SMILES string of the molecule is [c]1ccccc1-c1cccc2c1ccc1ccccc12. The van der Waals surface area contributed by atoms with Crippen molar-refractivity contribution in [3.63, 3.8) is 0 Å². The summed E-state index contributed by atoms with van der Waals surface area (Å²) in [5.41, 5.74) is 2.39. The molecular formula is C20H13. The van der Waals surface area contributed by atoms with Crippen molar-refractivity contribution in [1.29, 1.82) is 0 Å². The predicted octanol–water partition coefficient (Wildman–Crippen LogP) is 5.46. The zero-order chi connectivity index (χ0) is 13.4. The maximum Gasteiger partial charge on any atom is -0.00987 e. The lowest BCUT2D eigenvalue weighted by Gasteiger charge is -2.09. The maximum atomic E-state index is 3.32. The highest BCUT2D eigenvalue weighted by molar-refractivity contribution is 6.11. The van der Waals surface area contributed by atoms with Crippen LogP contribution in [0.3, 0.4) is 0 Å². The van der Waals surface area contributed by atoms with Crippen LogP contribution in [0.15, 0.2) is 78.9 Å². The van der Waals surface area contributed by atoms with Gasteiger partial charge in [0.05, 0.1) is 0 Å². The Hall–Kier alpha value is -2.60. The molecule has 0 saturated heterocycles. The molecule has 0 fully saturated rings. The molecule has 0 aliphatic heterocycles. The fourth-order valence-electron chi connectivity index (χ4n) is 2.84. The van der Waals surface area contributed by atoms with Crippen LogP contribution in [0.1, 0.15) is 0 Å². The lowest BCUT2D eigenvalue weighted by molar-refractivity contribution is 1.64. The molecule has 0 N–H and O–H groups in total. The second-order valence-electron chi connectivity index (χ2n) is 4.96. The van der Waals surface area contributed by atoms with E-state index in [-0.39, 0.29) is 0 Å². The van der Waals surface area contributed by atoms with Gasteiger partial charge in [0.15, 0.2) is 0 Å². The number of hydrogen-bond donors (Lipinski definition) is 0. The molecule has 0 unspecified atom stereocenters. The van der Waals surface area contributed by atoms with Gasteiger partial charge >= 0.3 is 0 Å². The summed E-state index contributed by atoms with van der Waals surface area (Å²) in [5, 5.41) is 5.18. The Bertz CT molecular complexity index is 889. The second-order valence-corrected chi connectivity index (χ2v) is 4.96. The molecular weight excluding hydrogens is 240 g/mol. The van der Waals surface area contributed by atoms with Gasteiger partial charge in [0.1, 0.15) is 0 Å². The minimum atomic E-state index is 1.15. The van der Waals surface area contributed by atoms with E-state index in [1.165, 1.54) is 27.1 Å². The van der Waals surface area contributed by atoms with Gasteiger partial charge in [-0.3, -0.25) is 0 Å². The highest BCUT2D eigenvalue weighted by Crippen LogP contribution is 2.32. The van der Waals surface area contributed by atoms with Crippen LogP contribution in [-0.4, -0.2) is 0 Å². The molecule has 0 heterocycles. The normalized spacial score (nSPS) is 11.0. The molecule has 0 amide bonds. The Kier molecular flexibility index (Phi) is 2.53. The number of rotatable bonds is 1. The average molecular weight is 253 g/mol. The van der Waals surface area contributed by atoms with Crippen molar-refractivity contribution in [2.24, 2.45) is 0 Å². The first-order valence-corrected chi connectivity index (χ1v) is 6.81. The summed E-state index contributed by atoms with van der Waals surface area (Å²) in [4.78, 5) is 0. The third-order valence-corrected chi connectivity index (χ3v) is 3.79. The van der Waals surface area contributed by atoms with Crippen molar-refractivity contribution in [3.8, 4) is 11.1 Å². The summed E-state index contributed by atoms with van der Waals surface area (Å²) in [7, 11) is 0. The van der Waals surface area contributed by atoms with Crippen molar-refractivity contribution in [1.82, 2.24) is 0 Å². The zero-order valence-electron chi connectivity index (χ0n) is 11.0. The molecule has 20 heavy (non-hydrogen) atoms. The lowest BCUT2D eigenvalue weighted by Crippen LogP contribution is -1.83. The summed E-state index contributed by atoms with van der Waals surface area (Å²) < 4.78 is 0. The summed E-state index contributed by atoms with van der Waals surface area (Å²) in [5.74, 6) is 0. The van der Waals surface area contributed by atoms with E-state index in [4.69, 9.17) is 0 Å². The first kappa shape index (κ1) is 11.2. The molecule has 0 bridgehead atoms. The number of benzene rings is 4. The maximum absolute atomic E-state index is 3.32. The van der Waals surface area contributed by atoms with E-state index in [1.807, 2.05) is 12.1 Å². The number of fused-ring (bicyclic) bond motifs is 3. The van der Waals surface area contributed by atoms with Crippen molar-refractivity contribution in [2.45, 2.75) is 0 Å². The van der Waals surface area contributed by atoms with E-state index in [1.54, 1.807) is 0 Å². The van der Waals surface area contributed by atoms with Crippen LogP contribution in [-0.2, 0) is 0 Å². The highest BCUT2D eigenvalue weighted by Gasteiger charge is 2.05. The van der Waals surface area contributed by atoms with Crippen molar-refractivity contribution in [2.75, 3.05) is 0 Å². The van der Waals surface area contributed by atoms with Crippen molar-refractivity contribution >= 4 is 21.5 Å². The van der Waals surface area contributed by atoms with Gasteiger partial charge in [-0.2, -0.15) is 0 Å². The third-order valence-electron chi connectivity index (χ3n) is 3.79. The van der Waals surface area contributed by atoms with E-state index < -0.39 is 0 Å². The Balaban J connectivity index is 2.12. The first-order valence-electron chi connectivity index (χ1n) is 6.81. The quantitative estimate of drug-likeness (QED) is 0.395. The largest absolute Gasteiger partial charge is 0.0616 e. The summed E-state index contributed by atoms with van der Waals surface area (Å²) in [6.45, 7) is 0. The topological polar surface area (TPSA) is 0 Å². The van der Waals surface area contributed by atoms with Crippen LogP contribution in [0, 0.1) is 6.07 Å². The van der Waals surface area contributed by atoms with Gasteiger partial charge in [-0.1, -0.05) is 78.9 Å². The molecule has 0 nitrogen and oxygen atoms in total. The molecule has 0 aliphatic rings. The lowest BCUT2D eigenvalue weighted by atomic mass is 9.95. The predicted molar refractivity (Wildman–Crippen MR) is 85.7 cm³/mol. The third kappa shape index (κ3) is 1.70. The molecule has 0 aromatic heterocycles. The smallest absolute Gasteiger partial charge is 0.00987 e. The van der Waals surface area contributed by atoms with Gasteiger partial charge in [0.25, 0.3) is 0 Å². The van der Waals surface area contributed by atoms with Crippen LogP contribution in [0.5, 0.6) is 0 Å². The van der Waals surface area contributed by atoms with E-state index >= 15 is 0 Å². The van der Waals surface area contributed by atoms with E-state index in [2.05, 4.69) is 72.8 Å². The van der Waals surface area contributed by atoms with E-state index in [9.17, 15) is 0 Å². The second kappa shape index (κ2) is 4.50. The molecule has 4 rings (SSSR count). The molecule has 1 radical (unpaired) electrons. The summed E-state index contributed by atoms with van der Waals surface area (Å²) in [6, 6.07) is 30.9. The Morgan fingerprint density at radius 1 is 0.550 bits per heavy atom. The molecule has 4 aromatic carbocycles. The van der Waals surface area contributed by atoms with Gasteiger partial charge in [0, 0.05) is 0 Å². The van der Waals surface area contributed by atoms with Crippen LogP contribution < -0.4 is 0 Å². The Labute approximate surface area is 118 Å². The van der Waals surface area contributed by atoms with Crippen molar-refractivity contribution < 1.29 is 0 Å². The highest BCUT2D eigenvalue weighted by atomic mass is 14.1. The fraction of sp³-hybridized carbons (Fsp3) is 0. The Morgan fingerprint density at radius 3 is 2.30 bits per heavy atom. The van der Waals surface area contributed by atoms with E-state index in [0.717, 1.165) is 5.56 Å². The zero-order valence-corrected chi connectivity index (χ0v) is 11.0. The van der Waals surface area contributed by atoms with Crippen LogP contribution >= 0.6 is 0 Å². The van der Waals surface area contributed by atoms with Gasteiger partial charge in [-0.15, -0.1) is 0 Å². The van der Waals surface area contributed by atoms with Gasteiger partial charge in [0.2, 0.25) is 0 Å². The standard InChI is InChI=1S/C20H13/c1-2-7-15(8-3-1)18-11-6-12-19-17-10-5-4-9-16(17)13-14-20(18)19/h1-7,9-14H. The summed E-state index contributed by atoms with van der Waals surface area (Å²) >= 11 is 0. The monoisotopic (exact) mass is 253 g/mol. The van der Waals surface area contributed by atoms with Crippen LogP contribution in [0.4, 0.5) is 0 Å². The molecule has 93 valence electrons. The Morgan fingerprint density at radius 2 is 1.40 bits per heavy atom. The molecule has 0 atom stereocenters. The molecule has 0 heteroatoms. The van der Waals surface area contributed by atoms with Gasteiger partial charge in [-0.25, -0.2) is 0 Å². The molecule has 0 spiro atoms. The fourth-order valence-corrected chi connectivity index (χ4v) is 2.84. The van der Waals surface area contributed by atoms with Crippen LogP contribution in [0.25, 0.3) is 32.7 Å². The average Bonchev–Trinajstić information content (AvgIpc) is 2.55. The molecule has 0 saturated carbocycles. The van der Waals surface area contributed by atoms with E-state index in [0.29, 0.717) is 0 Å². The molecule has 0 aliphatic carbocycles. The first-order chi connectivity index (χ1) is 9.93. The minimum absolute atomic E-state index is 1.15. The van der Waals surface area contributed by atoms with Gasteiger partial charge < -0.3 is 0 Å².